The zero-order valence-electron chi connectivity index (χ0n) is 13.7. The molecule has 3 amide bonds. The molecule has 1 saturated heterocycles. The van der Waals surface area contributed by atoms with Gasteiger partial charge in [-0.05, 0) is 25.0 Å². The van der Waals surface area contributed by atoms with E-state index < -0.39 is 0 Å². The number of fused-ring (bicyclic) bond motifs is 1. The number of carbonyl (C=O) groups excluding carboxylic acids is 3. The van der Waals surface area contributed by atoms with Crippen LogP contribution in [-0.2, 0) is 4.79 Å². The maximum Gasteiger partial charge on any atom is 0.289 e. The van der Waals surface area contributed by atoms with Gasteiger partial charge in [0, 0.05) is 10.9 Å². The number of H-pyrrole nitrogens is 1. The Labute approximate surface area is 149 Å². The van der Waals surface area contributed by atoms with Gasteiger partial charge in [0.05, 0.1) is 17.8 Å². The SMILES string of the molecule is O=C(NC1CCCCC1N1C(=O)CSC1=O)c1cc2ccccc2[nH]1. The Hall–Kier alpha value is -2.28. The fourth-order valence-electron chi connectivity index (χ4n) is 3.72. The monoisotopic (exact) mass is 357 g/mol. The number of benzene rings is 1. The topological polar surface area (TPSA) is 82.3 Å². The van der Waals surface area contributed by atoms with E-state index in [0.717, 1.165) is 48.3 Å². The fourth-order valence-corrected chi connectivity index (χ4v) is 4.48. The van der Waals surface area contributed by atoms with Crippen molar-refractivity contribution in [2.45, 2.75) is 37.8 Å². The molecule has 2 aromatic rings. The van der Waals surface area contributed by atoms with Crippen LogP contribution in [0.15, 0.2) is 30.3 Å². The Kier molecular flexibility index (Phi) is 4.25. The van der Waals surface area contributed by atoms with Crippen molar-refractivity contribution < 1.29 is 14.4 Å². The van der Waals surface area contributed by atoms with E-state index in [-0.39, 0.29) is 34.9 Å². The lowest BCUT2D eigenvalue weighted by Crippen LogP contribution is -2.54. The summed E-state index contributed by atoms with van der Waals surface area (Å²) in [6.07, 6.45) is 3.47. The van der Waals surface area contributed by atoms with Crippen molar-refractivity contribution in [1.82, 2.24) is 15.2 Å². The zero-order valence-corrected chi connectivity index (χ0v) is 14.5. The van der Waals surface area contributed by atoms with Crippen molar-refractivity contribution in [1.29, 1.82) is 0 Å². The lowest BCUT2D eigenvalue weighted by molar-refractivity contribution is -0.127. The summed E-state index contributed by atoms with van der Waals surface area (Å²) in [7, 11) is 0. The average molecular weight is 357 g/mol. The average Bonchev–Trinajstić information content (AvgIpc) is 3.19. The van der Waals surface area contributed by atoms with E-state index in [1.54, 1.807) is 0 Å². The van der Waals surface area contributed by atoms with Crippen LogP contribution < -0.4 is 5.32 Å². The maximum atomic E-state index is 12.7. The Bertz CT molecular complexity index is 798. The van der Waals surface area contributed by atoms with Gasteiger partial charge in [0.25, 0.3) is 11.1 Å². The second-order valence-electron chi connectivity index (χ2n) is 6.52. The van der Waals surface area contributed by atoms with Gasteiger partial charge < -0.3 is 10.3 Å². The smallest absolute Gasteiger partial charge is 0.289 e. The third kappa shape index (κ3) is 3.04. The number of aromatic amines is 1. The number of thioether (sulfide) groups is 1. The number of nitrogens with zero attached hydrogens (tertiary/aromatic N) is 1. The molecule has 7 heteroatoms. The van der Waals surface area contributed by atoms with Crippen molar-refractivity contribution >= 4 is 39.7 Å². The molecule has 25 heavy (non-hydrogen) atoms. The van der Waals surface area contributed by atoms with Crippen LogP contribution >= 0.6 is 11.8 Å². The Balaban J connectivity index is 1.53. The lowest BCUT2D eigenvalue weighted by atomic mass is 9.89. The van der Waals surface area contributed by atoms with Gasteiger partial charge in [-0.15, -0.1) is 0 Å². The van der Waals surface area contributed by atoms with Gasteiger partial charge in [-0.3, -0.25) is 19.3 Å². The van der Waals surface area contributed by atoms with Crippen molar-refractivity contribution in [2.75, 3.05) is 5.75 Å². The first kappa shape index (κ1) is 16.2. The molecule has 1 saturated carbocycles. The number of nitrogens with one attached hydrogen (secondary N) is 2. The third-order valence-electron chi connectivity index (χ3n) is 4.94. The minimum atomic E-state index is -0.239. The van der Waals surface area contributed by atoms with Crippen LogP contribution in [0.25, 0.3) is 10.9 Å². The Morgan fingerprint density at radius 2 is 2.00 bits per heavy atom. The molecule has 1 aliphatic heterocycles. The maximum absolute atomic E-state index is 12.7. The number of carbonyl (C=O) groups is 3. The predicted octanol–water partition coefficient (Wildman–Crippen LogP) is 2.90. The highest BCUT2D eigenvalue weighted by Gasteiger charge is 2.41. The number of hydrogen-bond donors (Lipinski definition) is 2. The molecular formula is C18H19N3O3S. The molecule has 2 N–H and O–H groups in total. The molecule has 2 atom stereocenters. The molecule has 4 rings (SSSR count). The van der Waals surface area contributed by atoms with Crippen LogP contribution in [0, 0.1) is 0 Å². The molecule has 2 fully saturated rings. The molecule has 0 bridgehead atoms. The van der Waals surface area contributed by atoms with Gasteiger partial charge in [0.15, 0.2) is 0 Å². The van der Waals surface area contributed by atoms with Crippen molar-refractivity contribution in [3.8, 4) is 0 Å². The normalized spacial score (nSPS) is 24.1. The first-order chi connectivity index (χ1) is 12.1. The van der Waals surface area contributed by atoms with Crippen LogP contribution in [0.5, 0.6) is 0 Å². The zero-order chi connectivity index (χ0) is 17.4. The highest BCUT2D eigenvalue weighted by atomic mass is 32.2. The molecule has 2 unspecified atom stereocenters. The van der Waals surface area contributed by atoms with E-state index in [9.17, 15) is 14.4 Å². The Morgan fingerprint density at radius 1 is 1.20 bits per heavy atom. The summed E-state index contributed by atoms with van der Waals surface area (Å²) in [6, 6.07) is 9.11. The molecule has 2 aliphatic rings. The van der Waals surface area contributed by atoms with Gasteiger partial charge in [-0.2, -0.15) is 0 Å². The van der Waals surface area contributed by atoms with Gasteiger partial charge in [0.2, 0.25) is 5.91 Å². The van der Waals surface area contributed by atoms with Crippen LogP contribution in [0.3, 0.4) is 0 Å². The highest BCUT2D eigenvalue weighted by Crippen LogP contribution is 2.30. The summed E-state index contributed by atoms with van der Waals surface area (Å²) in [5.41, 5.74) is 1.41. The van der Waals surface area contributed by atoms with Gasteiger partial charge in [-0.25, -0.2) is 0 Å². The number of amides is 3. The van der Waals surface area contributed by atoms with Crippen LogP contribution in [0.1, 0.15) is 36.2 Å². The predicted molar refractivity (Wildman–Crippen MR) is 96.5 cm³/mol. The van der Waals surface area contributed by atoms with Crippen molar-refractivity contribution in [2.24, 2.45) is 0 Å². The molecule has 1 aromatic heterocycles. The molecule has 0 radical (unpaired) electrons. The number of rotatable bonds is 3. The second-order valence-corrected chi connectivity index (χ2v) is 7.45. The number of hydrogen-bond acceptors (Lipinski definition) is 4. The van der Waals surface area contributed by atoms with E-state index in [0.29, 0.717) is 5.69 Å². The first-order valence-electron chi connectivity index (χ1n) is 8.51. The molecule has 2 heterocycles. The van der Waals surface area contributed by atoms with Gasteiger partial charge in [-0.1, -0.05) is 42.8 Å². The van der Waals surface area contributed by atoms with E-state index in [1.807, 2.05) is 30.3 Å². The van der Waals surface area contributed by atoms with Gasteiger partial charge in [0.1, 0.15) is 5.69 Å². The summed E-state index contributed by atoms with van der Waals surface area (Å²) in [5, 5.41) is 3.83. The first-order valence-corrected chi connectivity index (χ1v) is 9.49. The second kappa shape index (κ2) is 6.55. The third-order valence-corrected chi connectivity index (χ3v) is 5.77. The molecule has 1 aromatic carbocycles. The standard InChI is InChI=1S/C18H19N3O3S/c22-16-10-25-18(24)21(16)15-8-4-3-7-13(15)20-17(23)14-9-11-5-1-2-6-12(11)19-14/h1-2,5-6,9,13,15,19H,3-4,7-8,10H2,(H,20,23). The van der Waals surface area contributed by atoms with Crippen molar-refractivity contribution in [3.05, 3.63) is 36.0 Å². The molecule has 6 nitrogen and oxygen atoms in total. The largest absolute Gasteiger partial charge is 0.351 e. The van der Waals surface area contributed by atoms with Crippen LogP contribution in [0.2, 0.25) is 0 Å². The molecule has 0 spiro atoms. The number of imide groups is 1. The van der Waals surface area contributed by atoms with E-state index in [4.69, 9.17) is 0 Å². The quantitative estimate of drug-likeness (QED) is 0.885. The highest BCUT2D eigenvalue weighted by molar-refractivity contribution is 8.14. The minimum Gasteiger partial charge on any atom is -0.351 e. The molecular weight excluding hydrogens is 338 g/mol. The van der Waals surface area contributed by atoms with Crippen LogP contribution in [-0.4, -0.2) is 44.8 Å². The molecule has 130 valence electrons. The molecule has 1 aliphatic carbocycles. The summed E-state index contributed by atoms with van der Waals surface area (Å²) >= 11 is 1.05. The summed E-state index contributed by atoms with van der Waals surface area (Å²) in [6.45, 7) is 0. The summed E-state index contributed by atoms with van der Waals surface area (Å²) < 4.78 is 0. The van der Waals surface area contributed by atoms with Crippen LogP contribution in [0.4, 0.5) is 4.79 Å². The number of para-hydroxylation sites is 1. The van der Waals surface area contributed by atoms with Gasteiger partial charge >= 0.3 is 0 Å². The van der Waals surface area contributed by atoms with E-state index in [2.05, 4.69) is 10.3 Å². The lowest BCUT2D eigenvalue weighted by Gasteiger charge is -2.36. The van der Waals surface area contributed by atoms with E-state index >= 15 is 0 Å². The van der Waals surface area contributed by atoms with Crippen molar-refractivity contribution in [3.63, 3.8) is 0 Å². The summed E-state index contributed by atoms with van der Waals surface area (Å²) in [5.74, 6) is -0.135. The Morgan fingerprint density at radius 3 is 2.76 bits per heavy atom. The summed E-state index contributed by atoms with van der Waals surface area (Å²) in [4.78, 5) is 41.3. The minimum absolute atomic E-state index is 0.147. The fraction of sp³-hybridized carbons (Fsp3) is 0.389. The van der Waals surface area contributed by atoms with E-state index in [1.165, 1.54) is 4.90 Å². The number of aromatic nitrogens is 1.